The molecular formula is C21H22ClN5O3. The highest BCUT2D eigenvalue weighted by Gasteiger charge is 2.27. The summed E-state index contributed by atoms with van der Waals surface area (Å²) in [6.45, 7) is 0.179. The van der Waals surface area contributed by atoms with Gasteiger partial charge >= 0.3 is 6.09 Å². The number of carbonyl (C=O) groups is 1. The number of halogens is 1. The number of aryl methyl sites for hydroxylation is 1. The number of rotatable bonds is 5. The van der Waals surface area contributed by atoms with Crippen LogP contribution in [0.4, 0.5) is 10.6 Å². The van der Waals surface area contributed by atoms with Crippen molar-refractivity contribution in [1.82, 2.24) is 14.8 Å². The van der Waals surface area contributed by atoms with Crippen LogP contribution in [0.2, 0.25) is 5.02 Å². The zero-order chi connectivity index (χ0) is 21.3. The summed E-state index contributed by atoms with van der Waals surface area (Å²) in [5, 5.41) is 13.9. The predicted octanol–water partition coefficient (Wildman–Crippen LogP) is 3.71. The van der Waals surface area contributed by atoms with E-state index in [0.717, 1.165) is 11.1 Å². The lowest BCUT2D eigenvalue weighted by molar-refractivity contribution is 0.171. The van der Waals surface area contributed by atoms with Crippen LogP contribution in [-0.2, 0) is 11.8 Å². The van der Waals surface area contributed by atoms with Gasteiger partial charge in [0.1, 0.15) is 18.2 Å². The van der Waals surface area contributed by atoms with Crippen LogP contribution >= 0.6 is 11.6 Å². The molecule has 0 saturated carbocycles. The molecule has 156 valence electrons. The molecule has 2 aromatic rings. The highest BCUT2D eigenvalue weighted by atomic mass is 35.5. The van der Waals surface area contributed by atoms with E-state index < -0.39 is 6.09 Å². The number of benzene rings is 1. The van der Waals surface area contributed by atoms with E-state index in [2.05, 4.69) is 27.7 Å². The number of nitrogens with one attached hydrogen (secondary N) is 1. The quantitative estimate of drug-likeness (QED) is 0.786. The summed E-state index contributed by atoms with van der Waals surface area (Å²) in [4.78, 5) is 12.3. The van der Waals surface area contributed by atoms with Crippen molar-refractivity contribution in [1.29, 1.82) is 0 Å². The Morgan fingerprint density at radius 3 is 2.93 bits per heavy atom. The van der Waals surface area contributed by atoms with Crippen LogP contribution in [0.15, 0.2) is 53.2 Å². The third kappa shape index (κ3) is 4.04. The number of methoxy groups -OCH3 is 1. The number of aromatic nitrogens is 2. The molecule has 0 spiro atoms. The van der Waals surface area contributed by atoms with Crippen LogP contribution in [-0.4, -0.2) is 53.9 Å². The number of hydrogen-bond donors (Lipinski definition) is 1. The van der Waals surface area contributed by atoms with Gasteiger partial charge in [-0.2, -0.15) is 10.2 Å². The topological polar surface area (TPSA) is 81.0 Å². The van der Waals surface area contributed by atoms with Gasteiger partial charge in [-0.25, -0.2) is 4.79 Å². The summed E-state index contributed by atoms with van der Waals surface area (Å²) in [5.41, 5.74) is 2.36. The van der Waals surface area contributed by atoms with E-state index in [9.17, 15) is 4.79 Å². The van der Waals surface area contributed by atoms with E-state index in [1.807, 2.05) is 30.4 Å². The average molecular weight is 428 g/mol. The predicted molar refractivity (Wildman–Crippen MR) is 116 cm³/mol. The van der Waals surface area contributed by atoms with Crippen LogP contribution in [0, 0.1) is 5.92 Å². The van der Waals surface area contributed by atoms with Crippen LogP contribution in [0.1, 0.15) is 0 Å². The van der Waals surface area contributed by atoms with E-state index in [-0.39, 0.29) is 18.6 Å². The minimum Gasteiger partial charge on any atom is -0.496 e. The number of anilines is 1. The van der Waals surface area contributed by atoms with Gasteiger partial charge in [-0.1, -0.05) is 29.8 Å². The van der Waals surface area contributed by atoms with Gasteiger partial charge in [0.15, 0.2) is 0 Å². The fraction of sp³-hybridized carbons (Fsp3) is 0.286. The Kier molecular flexibility index (Phi) is 5.50. The zero-order valence-electron chi connectivity index (χ0n) is 16.9. The molecule has 1 N–H and O–H groups in total. The monoisotopic (exact) mass is 427 g/mol. The number of hydrazone groups is 1. The highest BCUT2D eigenvalue weighted by Crippen LogP contribution is 2.32. The minimum atomic E-state index is -0.554. The maximum atomic E-state index is 12.3. The summed E-state index contributed by atoms with van der Waals surface area (Å²) in [6.07, 6.45) is 7.45. The summed E-state index contributed by atoms with van der Waals surface area (Å²) in [7, 11) is 5.25. The molecule has 0 bridgehead atoms. The molecule has 4 rings (SSSR count). The standard InChI is InChI=1S/C21H22ClN5O3/c1-26-18-7-4-13(8-14(18)11-23-26)12-30-21(28)24-20-10-17(25-27(20)2)16-6-5-15(22)9-19(16)29-3/h4-11,14,18H,12H2,1-3H3,(H,24,28). The third-order valence-corrected chi connectivity index (χ3v) is 5.32. The normalized spacial score (nSPS) is 19.5. The molecule has 9 heteroatoms. The molecule has 0 saturated heterocycles. The third-order valence-electron chi connectivity index (χ3n) is 5.08. The number of fused-ring (bicyclic) bond motifs is 1. The Labute approximate surface area is 179 Å². The number of carbonyl (C=O) groups excluding carboxylic acids is 1. The molecule has 2 aliphatic rings. The van der Waals surface area contributed by atoms with Crippen LogP contribution in [0.25, 0.3) is 11.3 Å². The molecule has 2 unspecified atom stereocenters. The van der Waals surface area contributed by atoms with Gasteiger partial charge < -0.3 is 9.47 Å². The van der Waals surface area contributed by atoms with Gasteiger partial charge in [0, 0.05) is 42.9 Å². The van der Waals surface area contributed by atoms with Crippen molar-refractivity contribution in [2.75, 3.05) is 26.1 Å². The second-order valence-corrected chi connectivity index (χ2v) is 7.53. The molecule has 30 heavy (non-hydrogen) atoms. The van der Waals surface area contributed by atoms with E-state index in [0.29, 0.717) is 22.3 Å². The van der Waals surface area contributed by atoms with Crippen LogP contribution < -0.4 is 10.1 Å². The van der Waals surface area contributed by atoms with Crippen molar-refractivity contribution >= 4 is 29.7 Å². The zero-order valence-corrected chi connectivity index (χ0v) is 17.6. The van der Waals surface area contributed by atoms with Gasteiger partial charge in [-0.3, -0.25) is 15.0 Å². The van der Waals surface area contributed by atoms with Crippen LogP contribution in [0.5, 0.6) is 5.75 Å². The van der Waals surface area contributed by atoms with Gasteiger partial charge in [-0.15, -0.1) is 0 Å². The molecule has 8 nitrogen and oxygen atoms in total. The van der Waals surface area contributed by atoms with Gasteiger partial charge in [0.2, 0.25) is 0 Å². The molecule has 0 fully saturated rings. The molecular weight excluding hydrogens is 406 g/mol. The first-order valence-electron chi connectivity index (χ1n) is 9.42. The Balaban J connectivity index is 1.39. The largest absolute Gasteiger partial charge is 0.496 e. The summed E-state index contributed by atoms with van der Waals surface area (Å²) < 4.78 is 12.3. The first-order chi connectivity index (χ1) is 14.4. The number of likely N-dealkylation sites (N-methyl/N-ethyl adjacent to an activating group) is 1. The van der Waals surface area contributed by atoms with Crippen molar-refractivity contribution in [3.05, 3.63) is 53.1 Å². The SMILES string of the molecule is COc1cc(Cl)ccc1-c1cc(NC(=O)OCC2=CC3C=NN(C)C3C=C2)n(C)n1. The van der Waals surface area contributed by atoms with Crippen molar-refractivity contribution in [3.63, 3.8) is 0 Å². The first kappa shape index (κ1) is 20.0. The lowest BCUT2D eigenvalue weighted by Gasteiger charge is -2.23. The molecule has 2 atom stereocenters. The van der Waals surface area contributed by atoms with Gasteiger partial charge in [0.25, 0.3) is 0 Å². The van der Waals surface area contributed by atoms with E-state index in [1.54, 1.807) is 37.0 Å². The van der Waals surface area contributed by atoms with Crippen LogP contribution in [0.3, 0.4) is 0 Å². The van der Waals surface area contributed by atoms with Crippen molar-refractivity contribution in [2.24, 2.45) is 18.1 Å². The number of hydrogen-bond acceptors (Lipinski definition) is 6. The lowest BCUT2D eigenvalue weighted by Crippen LogP contribution is -2.28. The van der Waals surface area contributed by atoms with E-state index >= 15 is 0 Å². The van der Waals surface area contributed by atoms with Gasteiger partial charge in [-0.05, 0) is 23.8 Å². The Bertz CT molecular complexity index is 1060. The Morgan fingerprint density at radius 1 is 1.30 bits per heavy atom. The number of amides is 1. The Morgan fingerprint density at radius 2 is 2.13 bits per heavy atom. The first-order valence-corrected chi connectivity index (χ1v) is 9.80. The maximum Gasteiger partial charge on any atom is 0.413 e. The lowest BCUT2D eigenvalue weighted by atomic mass is 9.93. The summed E-state index contributed by atoms with van der Waals surface area (Å²) >= 11 is 6.03. The maximum absolute atomic E-state index is 12.3. The van der Waals surface area contributed by atoms with Crippen molar-refractivity contribution < 1.29 is 14.3 Å². The molecule has 1 aliphatic heterocycles. The molecule has 1 aromatic heterocycles. The van der Waals surface area contributed by atoms with Crippen molar-refractivity contribution in [3.8, 4) is 17.0 Å². The highest BCUT2D eigenvalue weighted by molar-refractivity contribution is 6.30. The average Bonchev–Trinajstić information content (AvgIpc) is 3.28. The molecule has 1 aromatic carbocycles. The fourth-order valence-corrected chi connectivity index (χ4v) is 3.66. The molecule has 2 heterocycles. The van der Waals surface area contributed by atoms with E-state index in [4.69, 9.17) is 21.1 Å². The number of nitrogens with zero attached hydrogens (tertiary/aromatic N) is 4. The summed E-state index contributed by atoms with van der Waals surface area (Å²) in [6, 6.07) is 7.29. The minimum absolute atomic E-state index is 0.179. The number of ether oxygens (including phenoxy) is 2. The Hall–Kier alpha value is -3.26. The van der Waals surface area contributed by atoms with Gasteiger partial charge in [0.05, 0.1) is 18.8 Å². The fourth-order valence-electron chi connectivity index (χ4n) is 3.49. The smallest absolute Gasteiger partial charge is 0.413 e. The second-order valence-electron chi connectivity index (χ2n) is 7.09. The van der Waals surface area contributed by atoms with E-state index in [1.165, 1.54) is 0 Å². The van der Waals surface area contributed by atoms with Crippen molar-refractivity contribution in [2.45, 2.75) is 6.04 Å². The molecule has 1 aliphatic carbocycles. The molecule has 1 amide bonds. The molecule has 0 radical (unpaired) electrons. The second kappa shape index (κ2) is 8.23. The summed E-state index contributed by atoms with van der Waals surface area (Å²) in [5.74, 6) is 1.31.